The van der Waals surface area contributed by atoms with Crippen molar-refractivity contribution in [3.63, 3.8) is 0 Å². The second-order valence-electron chi connectivity index (χ2n) is 5.71. The number of carboxylic acids is 1. The topological polar surface area (TPSA) is 92.9 Å². The van der Waals surface area contributed by atoms with Gasteiger partial charge in [0.2, 0.25) is 0 Å². The minimum atomic E-state index is -1.13. The molecule has 0 spiro atoms. The Balaban J connectivity index is 2.06. The van der Waals surface area contributed by atoms with Crippen molar-refractivity contribution in [1.82, 2.24) is 9.38 Å². The van der Waals surface area contributed by atoms with Gasteiger partial charge in [0.15, 0.2) is 11.4 Å². The molecule has 140 valence electrons. The number of aryl methyl sites for hydroxylation is 1. The number of rotatable bonds is 6. The van der Waals surface area contributed by atoms with Crippen LogP contribution in [0.5, 0.6) is 5.75 Å². The summed E-state index contributed by atoms with van der Waals surface area (Å²) in [5.41, 5.74) is 1.73. The van der Waals surface area contributed by atoms with Gasteiger partial charge in [0, 0.05) is 10.7 Å². The fourth-order valence-corrected chi connectivity index (χ4v) is 3.19. The minimum Gasteiger partial charge on any atom is -0.490 e. The number of amides is 1. The summed E-state index contributed by atoms with van der Waals surface area (Å²) in [6.45, 7) is 4.26. The van der Waals surface area contributed by atoms with Gasteiger partial charge in [-0.3, -0.25) is 9.20 Å². The predicted octanol–water partition coefficient (Wildman–Crippen LogP) is 4.01. The molecule has 0 bridgehead atoms. The van der Waals surface area contributed by atoms with Crippen LogP contribution in [0.15, 0.2) is 41.0 Å². The largest absolute Gasteiger partial charge is 0.490 e. The van der Waals surface area contributed by atoms with Crippen LogP contribution in [0.25, 0.3) is 5.65 Å². The molecule has 2 N–H and O–H groups in total. The quantitative estimate of drug-likeness (QED) is 0.614. The van der Waals surface area contributed by atoms with Gasteiger partial charge in [0.25, 0.3) is 5.91 Å². The molecule has 0 saturated heterocycles. The molecule has 7 nitrogen and oxygen atoms in total. The lowest BCUT2D eigenvalue weighted by Crippen LogP contribution is -2.18. The number of carbonyl (C=O) groups excluding carboxylic acids is 1. The maximum absolute atomic E-state index is 13.0. The summed E-state index contributed by atoms with van der Waals surface area (Å²) in [4.78, 5) is 29.0. The third-order valence-electron chi connectivity index (χ3n) is 4.00. The molecule has 27 heavy (non-hydrogen) atoms. The van der Waals surface area contributed by atoms with E-state index in [0.717, 1.165) is 0 Å². The molecule has 0 saturated carbocycles. The van der Waals surface area contributed by atoms with E-state index in [-0.39, 0.29) is 11.3 Å². The smallest absolute Gasteiger partial charge is 0.337 e. The first-order valence-electron chi connectivity index (χ1n) is 8.43. The summed E-state index contributed by atoms with van der Waals surface area (Å²) < 4.78 is 7.88. The summed E-state index contributed by atoms with van der Waals surface area (Å²) in [7, 11) is 0. The molecule has 2 aromatic heterocycles. The van der Waals surface area contributed by atoms with Crippen LogP contribution >= 0.6 is 15.9 Å². The first kappa shape index (κ1) is 18.9. The third-order valence-corrected chi connectivity index (χ3v) is 4.49. The number of nitrogens with one attached hydrogen (secondary N) is 1. The van der Waals surface area contributed by atoms with Crippen molar-refractivity contribution >= 4 is 39.1 Å². The lowest BCUT2D eigenvalue weighted by atomic mass is 10.1. The second kappa shape index (κ2) is 7.79. The first-order chi connectivity index (χ1) is 13.0. The van der Waals surface area contributed by atoms with E-state index in [1.807, 2.05) is 13.8 Å². The Kier molecular flexibility index (Phi) is 5.46. The van der Waals surface area contributed by atoms with Crippen LogP contribution in [0.2, 0.25) is 0 Å². The Labute approximate surface area is 164 Å². The van der Waals surface area contributed by atoms with Crippen molar-refractivity contribution < 1.29 is 19.4 Å². The number of aromatic carboxylic acids is 1. The van der Waals surface area contributed by atoms with Crippen LogP contribution < -0.4 is 10.1 Å². The first-order valence-corrected chi connectivity index (χ1v) is 9.22. The molecule has 0 radical (unpaired) electrons. The molecule has 0 atom stereocenters. The van der Waals surface area contributed by atoms with Gasteiger partial charge in [-0.05, 0) is 43.7 Å². The Hall–Kier alpha value is -2.87. The number of carboxylic acid groups (broad SMARTS) is 1. The molecule has 0 unspecified atom stereocenters. The average Bonchev–Trinajstić information content (AvgIpc) is 3.03. The SMILES string of the molecule is CCOc1cccn2c(C(=O)Nc3ccc(Br)cc3C(=O)O)c(CC)nc12. The van der Waals surface area contributed by atoms with Gasteiger partial charge in [-0.15, -0.1) is 0 Å². The Morgan fingerprint density at radius 3 is 2.74 bits per heavy atom. The number of halogens is 1. The number of ether oxygens (including phenoxy) is 1. The number of hydrogen-bond donors (Lipinski definition) is 2. The fourth-order valence-electron chi connectivity index (χ4n) is 2.83. The maximum Gasteiger partial charge on any atom is 0.337 e. The van der Waals surface area contributed by atoms with E-state index in [2.05, 4.69) is 26.2 Å². The maximum atomic E-state index is 13.0. The summed E-state index contributed by atoms with van der Waals surface area (Å²) >= 11 is 3.24. The van der Waals surface area contributed by atoms with E-state index in [0.29, 0.717) is 40.3 Å². The molecule has 8 heteroatoms. The monoisotopic (exact) mass is 431 g/mol. The van der Waals surface area contributed by atoms with Crippen molar-refractivity contribution in [2.45, 2.75) is 20.3 Å². The molecule has 0 aliphatic carbocycles. The molecular formula is C19H18BrN3O4. The van der Waals surface area contributed by atoms with Crippen molar-refractivity contribution in [2.75, 3.05) is 11.9 Å². The molecular weight excluding hydrogens is 414 g/mol. The zero-order valence-electron chi connectivity index (χ0n) is 14.8. The van der Waals surface area contributed by atoms with Crippen LogP contribution in [0.4, 0.5) is 5.69 Å². The number of imidazole rings is 1. The summed E-state index contributed by atoms with van der Waals surface area (Å²) in [5.74, 6) is -0.972. The van der Waals surface area contributed by atoms with E-state index in [9.17, 15) is 14.7 Å². The number of aromatic nitrogens is 2. The predicted molar refractivity (Wildman–Crippen MR) is 105 cm³/mol. The third kappa shape index (κ3) is 3.66. The molecule has 0 aliphatic rings. The fraction of sp³-hybridized carbons (Fsp3) is 0.211. The van der Waals surface area contributed by atoms with Crippen molar-refractivity contribution in [3.8, 4) is 5.75 Å². The average molecular weight is 432 g/mol. The van der Waals surface area contributed by atoms with E-state index < -0.39 is 11.9 Å². The number of fused-ring (bicyclic) bond motifs is 1. The molecule has 1 amide bonds. The molecule has 0 fully saturated rings. The highest BCUT2D eigenvalue weighted by Gasteiger charge is 2.22. The van der Waals surface area contributed by atoms with Gasteiger partial charge < -0.3 is 15.2 Å². The van der Waals surface area contributed by atoms with Crippen molar-refractivity contribution in [3.05, 3.63) is 58.0 Å². The Morgan fingerprint density at radius 1 is 1.30 bits per heavy atom. The zero-order valence-corrected chi connectivity index (χ0v) is 16.4. The molecule has 1 aromatic carbocycles. The highest BCUT2D eigenvalue weighted by Crippen LogP contribution is 2.25. The minimum absolute atomic E-state index is 0.000371. The van der Waals surface area contributed by atoms with E-state index in [4.69, 9.17) is 4.74 Å². The van der Waals surface area contributed by atoms with Gasteiger partial charge in [-0.2, -0.15) is 0 Å². The highest BCUT2D eigenvalue weighted by atomic mass is 79.9. The van der Waals surface area contributed by atoms with Crippen LogP contribution in [0.3, 0.4) is 0 Å². The van der Waals surface area contributed by atoms with E-state index >= 15 is 0 Å². The molecule has 2 heterocycles. The standard InChI is InChI=1S/C19H18BrN3O4/c1-3-13-16(23-9-5-6-15(27-4-2)17(23)21-13)18(24)22-14-8-7-11(20)10-12(14)19(25)26/h5-10H,3-4H2,1-2H3,(H,22,24)(H,25,26). The van der Waals surface area contributed by atoms with E-state index in [1.54, 1.807) is 34.9 Å². The van der Waals surface area contributed by atoms with Gasteiger partial charge in [0.1, 0.15) is 5.69 Å². The van der Waals surface area contributed by atoms with Gasteiger partial charge >= 0.3 is 5.97 Å². The van der Waals surface area contributed by atoms with Gasteiger partial charge in [-0.25, -0.2) is 9.78 Å². The summed E-state index contributed by atoms with van der Waals surface area (Å²) in [6.07, 6.45) is 2.28. The highest BCUT2D eigenvalue weighted by molar-refractivity contribution is 9.10. The second-order valence-corrected chi connectivity index (χ2v) is 6.62. The van der Waals surface area contributed by atoms with Crippen molar-refractivity contribution in [1.29, 1.82) is 0 Å². The number of nitrogens with zero attached hydrogens (tertiary/aromatic N) is 2. The lowest BCUT2D eigenvalue weighted by molar-refractivity contribution is 0.0698. The van der Waals surface area contributed by atoms with Crippen LogP contribution in [0.1, 0.15) is 40.4 Å². The van der Waals surface area contributed by atoms with Gasteiger partial charge in [-0.1, -0.05) is 22.9 Å². The lowest BCUT2D eigenvalue weighted by Gasteiger charge is -2.10. The van der Waals surface area contributed by atoms with Gasteiger partial charge in [0.05, 0.1) is 23.6 Å². The Bertz CT molecular complexity index is 1030. The normalized spacial score (nSPS) is 10.8. The number of pyridine rings is 1. The summed E-state index contributed by atoms with van der Waals surface area (Å²) in [6, 6.07) is 8.24. The Morgan fingerprint density at radius 2 is 2.07 bits per heavy atom. The number of hydrogen-bond acceptors (Lipinski definition) is 4. The molecule has 3 rings (SSSR count). The van der Waals surface area contributed by atoms with Crippen LogP contribution in [-0.2, 0) is 6.42 Å². The van der Waals surface area contributed by atoms with Crippen molar-refractivity contribution in [2.24, 2.45) is 0 Å². The number of benzene rings is 1. The van der Waals surface area contributed by atoms with Crippen LogP contribution in [0, 0.1) is 0 Å². The zero-order chi connectivity index (χ0) is 19.6. The molecule has 0 aliphatic heterocycles. The molecule has 3 aromatic rings. The van der Waals surface area contributed by atoms with Crippen LogP contribution in [-0.4, -0.2) is 33.0 Å². The number of carbonyl (C=O) groups is 2. The summed E-state index contributed by atoms with van der Waals surface area (Å²) in [5, 5.41) is 12.1. The number of anilines is 1. The van der Waals surface area contributed by atoms with E-state index in [1.165, 1.54) is 6.07 Å².